The molecule has 2 saturated heterocycles. The Morgan fingerprint density at radius 2 is 1.80 bits per heavy atom. The van der Waals surface area contributed by atoms with Gasteiger partial charge in [0.2, 0.25) is 5.91 Å². The highest BCUT2D eigenvalue weighted by Crippen LogP contribution is 2.26. The van der Waals surface area contributed by atoms with Crippen molar-refractivity contribution < 1.29 is 9.53 Å². The normalized spacial score (nSPS) is 20.6. The second kappa shape index (κ2) is 10.0. The predicted octanol–water partition coefficient (Wildman–Crippen LogP) is 3.50. The Hall–Kier alpha value is -1.26. The summed E-state index contributed by atoms with van der Waals surface area (Å²) < 4.78 is 6.01. The van der Waals surface area contributed by atoms with Crippen molar-refractivity contribution in [2.75, 3.05) is 26.2 Å². The monoisotopic (exact) mass is 366 g/mol. The van der Waals surface area contributed by atoms with Crippen LogP contribution in [0.25, 0.3) is 0 Å². The van der Waals surface area contributed by atoms with E-state index in [1.807, 2.05) is 35.2 Å². The first-order valence-electron chi connectivity index (χ1n) is 9.42. The summed E-state index contributed by atoms with van der Waals surface area (Å²) in [7, 11) is 0. The van der Waals surface area contributed by atoms with Gasteiger partial charge in [0.15, 0.2) is 0 Å². The third-order valence-electron chi connectivity index (χ3n) is 5.53. The third kappa shape index (κ3) is 5.89. The van der Waals surface area contributed by atoms with Crippen LogP contribution in [0.3, 0.4) is 0 Å². The van der Waals surface area contributed by atoms with E-state index >= 15 is 0 Å². The van der Waals surface area contributed by atoms with Crippen LogP contribution in [0.15, 0.2) is 30.3 Å². The molecule has 0 saturated carbocycles. The van der Waals surface area contributed by atoms with E-state index in [4.69, 9.17) is 4.74 Å². The lowest BCUT2D eigenvalue weighted by molar-refractivity contribution is -0.134. The molecule has 140 valence electrons. The molecule has 4 nitrogen and oxygen atoms in total. The van der Waals surface area contributed by atoms with Gasteiger partial charge >= 0.3 is 0 Å². The summed E-state index contributed by atoms with van der Waals surface area (Å²) in [5.74, 6) is 2.47. The van der Waals surface area contributed by atoms with Gasteiger partial charge in [-0.25, -0.2) is 0 Å². The van der Waals surface area contributed by atoms with Crippen molar-refractivity contribution in [1.29, 1.82) is 0 Å². The molecule has 1 amide bonds. The number of hydrogen-bond donors (Lipinski definition) is 1. The van der Waals surface area contributed by atoms with Gasteiger partial charge in [-0.1, -0.05) is 25.1 Å². The van der Waals surface area contributed by atoms with E-state index in [0.717, 1.165) is 44.8 Å². The molecule has 0 spiro atoms. The number of nitrogens with one attached hydrogen (secondary N) is 1. The Labute approximate surface area is 157 Å². The number of hydrogen-bond acceptors (Lipinski definition) is 3. The molecule has 1 aromatic rings. The maximum Gasteiger partial charge on any atom is 0.222 e. The summed E-state index contributed by atoms with van der Waals surface area (Å²) >= 11 is 0. The average molecular weight is 367 g/mol. The van der Waals surface area contributed by atoms with Crippen LogP contribution < -0.4 is 10.1 Å². The summed E-state index contributed by atoms with van der Waals surface area (Å²) in [5, 5.41) is 3.40. The van der Waals surface area contributed by atoms with Crippen molar-refractivity contribution in [3.8, 4) is 5.75 Å². The summed E-state index contributed by atoms with van der Waals surface area (Å²) in [4.78, 5) is 14.6. The number of likely N-dealkylation sites (tertiary alicyclic amines) is 1. The van der Waals surface area contributed by atoms with Crippen molar-refractivity contribution in [1.82, 2.24) is 10.2 Å². The molecule has 0 radical (unpaired) electrons. The van der Waals surface area contributed by atoms with Crippen LogP contribution in [0.2, 0.25) is 0 Å². The summed E-state index contributed by atoms with van der Waals surface area (Å²) in [5.41, 5.74) is 0. The van der Waals surface area contributed by atoms with Gasteiger partial charge in [0.1, 0.15) is 11.9 Å². The van der Waals surface area contributed by atoms with Gasteiger partial charge < -0.3 is 15.0 Å². The largest absolute Gasteiger partial charge is 0.490 e. The van der Waals surface area contributed by atoms with Crippen LogP contribution in [0.1, 0.15) is 39.0 Å². The van der Waals surface area contributed by atoms with Gasteiger partial charge in [0, 0.05) is 32.4 Å². The molecule has 3 rings (SSSR count). The third-order valence-corrected chi connectivity index (χ3v) is 5.53. The molecule has 2 fully saturated rings. The summed E-state index contributed by atoms with van der Waals surface area (Å²) in [6, 6.07) is 9.99. The highest BCUT2D eigenvalue weighted by Gasteiger charge is 2.27. The van der Waals surface area contributed by atoms with Gasteiger partial charge in [-0.3, -0.25) is 4.79 Å². The smallest absolute Gasteiger partial charge is 0.222 e. The van der Waals surface area contributed by atoms with E-state index in [2.05, 4.69) is 12.2 Å². The van der Waals surface area contributed by atoms with Crippen molar-refractivity contribution in [2.45, 2.75) is 45.1 Å². The van der Waals surface area contributed by atoms with Crippen molar-refractivity contribution in [2.24, 2.45) is 11.8 Å². The lowest BCUT2D eigenvalue weighted by Crippen LogP contribution is -2.43. The van der Waals surface area contributed by atoms with Gasteiger partial charge in [0.05, 0.1) is 0 Å². The number of para-hydroxylation sites is 1. The zero-order chi connectivity index (χ0) is 16.8. The molecule has 0 bridgehead atoms. The first kappa shape index (κ1) is 20.1. The number of carbonyl (C=O) groups excluding carboxylic acids is 1. The maximum absolute atomic E-state index is 12.6. The number of rotatable bonds is 5. The molecule has 2 aliphatic rings. The molecule has 2 heterocycles. The number of halogens is 1. The topological polar surface area (TPSA) is 41.6 Å². The molecule has 1 atom stereocenters. The fraction of sp³-hybridized carbons (Fsp3) is 0.650. The van der Waals surface area contributed by atoms with Crippen LogP contribution in [0.5, 0.6) is 5.75 Å². The van der Waals surface area contributed by atoms with E-state index in [9.17, 15) is 4.79 Å². The Balaban J connectivity index is 0.00000225. The van der Waals surface area contributed by atoms with E-state index in [0.29, 0.717) is 24.2 Å². The van der Waals surface area contributed by atoms with Gasteiger partial charge in [-0.05, 0) is 49.9 Å². The quantitative estimate of drug-likeness (QED) is 0.867. The molecule has 25 heavy (non-hydrogen) atoms. The van der Waals surface area contributed by atoms with Gasteiger partial charge in [-0.15, -0.1) is 12.4 Å². The van der Waals surface area contributed by atoms with Crippen molar-refractivity contribution >= 4 is 18.3 Å². The van der Waals surface area contributed by atoms with Gasteiger partial charge in [-0.2, -0.15) is 0 Å². The minimum atomic E-state index is 0. The van der Waals surface area contributed by atoms with Crippen LogP contribution in [-0.2, 0) is 4.79 Å². The minimum absolute atomic E-state index is 0. The van der Waals surface area contributed by atoms with E-state index < -0.39 is 0 Å². The van der Waals surface area contributed by atoms with Crippen LogP contribution in [-0.4, -0.2) is 43.1 Å². The first-order chi connectivity index (χ1) is 11.7. The number of amides is 1. The lowest BCUT2D eigenvalue weighted by atomic mass is 9.84. The fourth-order valence-electron chi connectivity index (χ4n) is 3.90. The second-order valence-corrected chi connectivity index (χ2v) is 7.28. The zero-order valence-electron chi connectivity index (χ0n) is 15.2. The molecule has 2 aliphatic heterocycles. The second-order valence-electron chi connectivity index (χ2n) is 7.28. The standard InChI is InChI=1S/C20H30N2O2.ClH/c1-16(17-7-11-21-12-8-17)15-20(23)22-13-9-19(10-14-22)24-18-5-3-2-4-6-18;/h2-6,16-17,19,21H,7-15H2,1H3;1H. The molecule has 0 aliphatic carbocycles. The number of benzene rings is 1. The Bertz CT molecular complexity index is 512. The van der Waals surface area contributed by atoms with Crippen molar-refractivity contribution in [3.05, 3.63) is 30.3 Å². The van der Waals surface area contributed by atoms with Crippen LogP contribution in [0, 0.1) is 11.8 Å². The SMILES string of the molecule is CC(CC(=O)N1CCC(Oc2ccccc2)CC1)C1CCNCC1.Cl. The minimum Gasteiger partial charge on any atom is -0.490 e. The number of piperidine rings is 2. The Kier molecular flexibility index (Phi) is 8.04. The molecule has 1 aromatic carbocycles. The maximum atomic E-state index is 12.6. The number of ether oxygens (including phenoxy) is 1. The molecule has 1 unspecified atom stereocenters. The Morgan fingerprint density at radius 1 is 1.16 bits per heavy atom. The van der Waals surface area contributed by atoms with E-state index in [1.165, 1.54) is 12.8 Å². The highest BCUT2D eigenvalue weighted by molar-refractivity contribution is 5.85. The molecular weight excluding hydrogens is 336 g/mol. The fourth-order valence-corrected chi connectivity index (χ4v) is 3.90. The highest BCUT2D eigenvalue weighted by atomic mass is 35.5. The summed E-state index contributed by atoms with van der Waals surface area (Å²) in [6.45, 7) is 6.11. The zero-order valence-corrected chi connectivity index (χ0v) is 16.0. The Morgan fingerprint density at radius 3 is 2.44 bits per heavy atom. The summed E-state index contributed by atoms with van der Waals surface area (Å²) in [6.07, 6.45) is 5.22. The number of carbonyl (C=O) groups is 1. The van der Waals surface area contributed by atoms with E-state index in [-0.39, 0.29) is 18.5 Å². The van der Waals surface area contributed by atoms with E-state index in [1.54, 1.807) is 0 Å². The molecule has 1 N–H and O–H groups in total. The van der Waals surface area contributed by atoms with Crippen LogP contribution in [0.4, 0.5) is 0 Å². The first-order valence-corrected chi connectivity index (χ1v) is 9.42. The average Bonchev–Trinajstić information content (AvgIpc) is 2.64. The van der Waals surface area contributed by atoms with Crippen molar-refractivity contribution in [3.63, 3.8) is 0 Å². The van der Waals surface area contributed by atoms with Gasteiger partial charge in [0.25, 0.3) is 0 Å². The number of nitrogens with zero attached hydrogens (tertiary/aromatic N) is 1. The molecular formula is C20H31ClN2O2. The molecule has 5 heteroatoms. The predicted molar refractivity (Wildman–Crippen MR) is 103 cm³/mol. The lowest BCUT2D eigenvalue weighted by Gasteiger charge is -2.34. The molecule has 0 aromatic heterocycles. The van der Waals surface area contributed by atoms with Crippen LogP contribution >= 0.6 is 12.4 Å².